The van der Waals surface area contributed by atoms with Crippen molar-refractivity contribution in [2.45, 2.75) is 32.6 Å². The molecule has 0 aliphatic carbocycles. The van der Waals surface area contributed by atoms with Gasteiger partial charge in [0.2, 0.25) is 11.8 Å². The van der Waals surface area contributed by atoms with Gasteiger partial charge in [0.25, 0.3) is 0 Å². The van der Waals surface area contributed by atoms with Gasteiger partial charge in [0, 0.05) is 25.9 Å². The van der Waals surface area contributed by atoms with Crippen LogP contribution in [0.2, 0.25) is 0 Å². The standard InChI is InChI=1S/C17H23FN2O2/c1-12(7-13-3-2-4-15(18)9-13)8-17(22)20-6-5-14(11-20)10-16(19)21/h2-4,9,12,14H,5-8,10-11H2,1H3,(H2,19,21). The van der Waals surface area contributed by atoms with Crippen LogP contribution in [0.1, 0.15) is 31.7 Å². The van der Waals surface area contributed by atoms with E-state index in [2.05, 4.69) is 0 Å². The summed E-state index contributed by atoms with van der Waals surface area (Å²) in [5.74, 6) is -0.0935. The molecule has 0 saturated carbocycles. The summed E-state index contributed by atoms with van der Waals surface area (Å²) in [5.41, 5.74) is 6.11. The lowest BCUT2D eigenvalue weighted by Crippen LogP contribution is -2.30. The lowest BCUT2D eigenvalue weighted by molar-refractivity contribution is -0.131. The van der Waals surface area contributed by atoms with Crippen LogP contribution in [0, 0.1) is 17.7 Å². The summed E-state index contributed by atoms with van der Waals surface area (Å²) in [5, 5.41) is 0. The lowest BCUT2D eigenvalue weighted by atomic mass is 9.97. The molecule has 2 unspecified atom stereocenters. The summed E-state index contributed by atoms with van der Waals surface area (Å²) in [6.07, 6.45) is 2.32. The highest BCUT2D eigenvalue weighted by Gasteiger charge is 2.27. The number of hydrogen-bond donors (Lipinski definition) is 1. The van der Waals surface area contributed by atoms with Gasteiger partial charge in [-0.2, -0.15) is 0 Å². The number of rotatable bonds is 6. The van der Waals surface area contributed by atoms with Gasteiger partial charge in [-0.05, 0) is 42.4 Å². The van der Waals surface area contributed by atoms with Crippen LogP contribution in [0.4, 0.5) is 4.39 Å². The summed E-state index contributed by atoms with van der Waals surface area (Å²) >= 11 is 0. The van der Waals surface area contributed by atoms with Crippen molar-refractivity contribution in [3.05, 3.63) is 35.6 Å². The maximum absolute atomic E-state index is 13.2. The summed E-state index contributed by atoms with van der Waals surface area (Å²) in [4.78, 5) is 25.0. The van der Waals surface area contributed by atoms with Gasteiger partial charge in [0.05, 0.1) is 0 Å². The minimum absolute atomic E-state index is 0.107. The van der Waals surface area contributed by atoms with E-state index in [1.165, 1.54) is 12.1 Å². The van der Waals surface area contributed by atoms with Crippen LogP contribution in [-0.2, 0) is 16.0 Å². The van der Waals surface area contributed by atoms with Crippen LogP contribution in [0.5, 0.6) is 0 Å². The summed E-state index contributed by atoms with van der Waals surface area (Å²) < 4.78 is 13.2. The van der Waals surface area contributed by atoms with E-state index in [4.69, 9.17) is 5.73 Å². The average molecular weight is 306 g/mol. The van der Waals surface area contributed by atoms with Gasteiger partial charge in [-0.15, -0.1) is 0 Å². The first-order valence-corrected chi connectivity index (χ1v) is 7.74. The third-order valence-electron chi connectivity index (χ3n) is 4.12. The molecule has 1 fully saturated rings. The Hall–Kier alpha value is -1.91. The van der Waals surface area contributed by atoms with Crippen LogP contribution in [0.3, 0.4) is 0 Å². The molecule has 2 rings (SSSR count). The Balaban J connectivity index is 1.80. The van der Waals surface area contributed by atoms with Crippen LogP contribution in [0.15, 0.2) is 24.3 Å². The Morgan fingerprint density at radius 3 is 2.91 bits per heavy atom. The SMILES string of the molecule is CC(CC(=O)N1CCC(CC(N)=O)C1)Cc1cccc(F)c1. The predicted octanol–water partition coefficient (Wildman–Crippen LogP) is 2.12. The van der Waals surface area contributed by atoms with E-state index in [0.717, 1.165) is 12.0 Å². The number of primary amides is 1. The molecule has 120 valence electrons. The quantitative estimate of drug-likeness (QED) is 0.875. The zero-order valence-electron chi connectivity index (χ0n) is 12.9. The third kappa shape index (κ3) is 4.83. The normalized spacial score (nSPS) is 19.2. The molecule has 1 aromatic rings. The first-order chi connectivity index (χ1) is 10.4. The van der Waals surface area contributed by atoms with Gasteiger partial charge >= 0.3 is 0 Å². The highest BCUT2D eigenvalue weighted by Crippen LogP contribution is 2.22. The minimum atomic E-state index is -0.307. The first kappa shape index (κ1) is 16.5. The maximum Gasteiger partial charge on any atom is 0.222 e. The smallest absolute Gasteiger partial charge is 0.222 e. The molecule has 2 amide bonds. The van der Waals surface area contributed by atoms with Crippen molar-refractivity contribution in [3.8, 4) is 0 Å². The molecular weight excluding hydrogens is 283 g/mol. The monoisotopic (exact) mass is 306 g/mol. The number of likely N-dealkylation sites (tertiary alicyclic amines) is 1. The molecule has 4 nitrogen and oxygen atoms in total. The first-order valence-electron chi connectivity index (χ1n) is 7.74. The fraction of sp³-hybridized carbons (Fsp3) is 0.529. The molecule has 1 saturated heterocycles. The summed E-state index contributed by atoms with van der Waals surface area (Å²) in [6, 6.07) is 6.50. The number of nitrogens with zero attached hydrogens (tertiary/aromatic N) is 1. The molecule has 0 radical (unpaired) electrons. The molecular formula is C17H23FN2O2. The second kappa shape index (κ2) is 7.38. The number of amides is 2. The molecule has 0 bridgehead atoms. The van der Waals surface area contributed by atoms with E-state index in [1.54, 1.807) is 6.07 Å². The molecule has 0 spiro atoms. The predicted molar refractivity (Wildman–Crippen MR) is 82.4 cm³/mol. The molecule has 2 N–H and O–H groups in total. The van der Waals surface area contributed by atoms with Crippen molar-refractivity contribution in [1.29, 1.82) is 0 Å². The summed E-state index contributed by atoms with van der Waals surface area (Å²) in [6.45, 7) is 3.32. The number of halogens is 1. The third-order valence-corrected chi connectivity index (χ3v) is 4.12. The molecule has 0 aromatic heterocycles. The van der Waals surface area contributed by atoms with Gasteiger partial charge in [0.1, 0.15) is 5.82 Å². The van der Waals surface area contributed by atoms with Crippen LogP contribution in [-0.4, -0.2) is 29.8 Å². The van der Waals surface area contributed by atoms with Gasteiger partial charge < -0.3 is 10.6 Å². The van der Waals surface area contributed by atoms with Crippen molar-refractivity contribution in [3.63, 3.8) is 0 Å². The second-order valence-electron chi connectivity index (χ2n) is 6.31. The molecule has 1 aliphatic rings. The van der Waals surface area contributed by atoms with E-state index in [9.17, 15) is 14.0 Å². The van der Waals surface area contributed by atoms with Crippen molar-refractivity contribution < 1.29 is 14.0 Å². The molecule has 1 aromatic carbocycles. The van der Waals surface area contributed by atoms with E-state index < -0.39 is 0 Å². The van der Waals surface area contributed by atoms with Crippen molar-refractivity contribution >= 4 is 11.8 Å². The van der Waals surface area contributed by atoms with Crippen molar-refractivity contribution in [2.75, 3.05) is 13.1 Å². The van der Waals surface area contributed by atoms with E-state index >= 15 is 0 Å². The highest BCUT2D eigenvalue weighted by molar-refractivity contribution is 5.77. The van der Waals surface area contributed by atoms with Crippen molar-refractivity contribution in [2.24, 2.45) is 17.6 Å². The van der Waals surface area contributed by atoms with E-state index in [-0.39, 0.29) is 29.5 Å². The Bertz CT molecular complexity index is 547. The topological polar surface area (TPSA) is 63.4 Å². The molecule has 2 atom stereocenters. The number of carbonyl (C=O) groups excluding carboxylic acids is 2. The molecule has 1 heterocycles. The number of benzene rings is 1. The fourth-order valence-corrected chi connectivity index (χ4v) is 3.08. The fourth-order valence-electron chi connectivity index (χ4n) is 3.08. The van der Waals surface area contributed by atoms with Gasteiger partial charge in [-0.1, -0.05) is 19.1 Å². The van der Waals surface area contributed by atoms with Gasteiger partial charge in [-0.3, -0.25) is 9.59 Å². The lowest BCUT2D eigenvalue weighted by Gasteiger charge is -2.19. The second-order valence-corrected chi connectivity index (χ2v) is 6.31. The van der Waals surface area contributed by atoms with E-state index in [1.807, 2.05) is 17.9 Å². The van der Waals surface area contributed by atoms with Crippen molar-refractivity contribution in [1.82, 2.24) is 4.90 Å². The Morgan fingerprint density at radius 1 is 1.45 bits per heavy atom. The van der Waals surface area contributed by atoms with Crippen LogP contribution in [0.25, 0.3) is 0 Å². The molecule has 5 heteroatoms. The van der Waals surface area contributed by atoms with Crippen LogP contribution < -0.4 is 5.73 Å². The molecule has 1 aliphatic heterocycles. The Kier molecular flexibility index (Phi) is 5.52. The minimum Gasteiger partial charge on any atom is -0.370 e. The number of nitrogens with two attached hydrogens (primary N) is 1. The highest BCUT2D eigenvalue weighted by atomic mass is 19.1. The Morgan fingerprint density at radius 2 is 2.23 bits per heavy atom. The number of hydrogen-bond acceptors (Lipinski definition) is 2. The van der Waals surface area contributed by atoms with Gasteiger partial charge in [0.15, 0.2) is 0 Å². The molecule has 22 heavy (non-hydrogen) atoms. The average Bonchev–Trinajstić information content (AvgIpc) is 2.86. The van der Waals surface area contributed by atoms with E-state index in [0.29, 0.717) is 32.4 Å². The number of carbonyl (C=O) groups is 2. The summed E-state index contributed by atoms with van der Waals surface area (Å²) in [7, 11) is 0. The zero-order valence-corrected chi connectivity index (χ0v) is 12.9. The largest absolute Gasteiger partial charge is 0.370 e. The zero-order chi connectivity index (χ0) is 16.1. The van der Waals surface area contributed by atoms with Crippen LogP contribution >= 0.6 is 0 Å². The van der Waals surface area contributed by atoms with Gasteiger partial charge in [-0.25, -0.2) is 4.39 Å². The Labute approximate surface area is 130 Å². The maximum atomic E-state index is 13.2.